The van der Waals surface area contributed by atoms with Crippen LogP contribution in [-0.4, -0.2) is 65.1 Å². The Hall–Kier alpha value is -2.68. The number of halogens is 1. The van der Waals surface area contributed by atoms with E-state index in [1.165, 1.54) is 6.20 Å². The third kappa shape index (κ3) is 5.47. The Labute approximate surface area is 175 Å². The van der Waals surface area contributed by atoms with Crippen LogP contribution in [0, 0.1) is 0 Å². The van der Waals surface area contributed by atoms with Crippen LogP contribution in [0.5, 0.6) is 5.75 Å². The fourth-order valence-corrected chi connectivity index (χ4v) is 3.53. The number of piperidine rings is 1. The highest BCUT2D eigenvalue weighted by molar-refractivity contribution is 5.76. The van der Waals surface area contributed by atoms with Gasteiger partial charge in [-0.1, -0.05) is 0 Å². The Morgan fingerprint density at radius 2 is 2.10 bits per heavy atom. The highest BCUT2D eigenvalue weighted by atomic mass is 19.1. The fraction of sp³-hybridized carbons (Fsp3) is 0.571. The molecule has 2 unspecified atom stereocenters. The molecule has 1 aliphatic rings. The maximum Gasteiger partial charge on any atom is 0.407 e. The monoisotopic (exact) mass is 420 g/mol. The molecule has 164 valence electrons. The van der Waals surface area contributed by atoms with Crippen molar-refractivity contribution in [3.05, 3.63) is 34.7 Å². The number of methoxy groups -OCH3 is 1. The van der Waals surface area contributed by atoms with E-state index in [1.807, 2.05) is 4.90 Å². The van der Waals surface area contributed by atoms with Crippen molar-refractivity contribution in [1.29, 1.82) is 0 Å². The van der Waals surface area contributed by atoms with Gasteiger partial charge in [-0.15, -0.1) is 0 Å². The third-order valence-electron chi connectivity index (χ3n) is 5.02. The highest BCUT2D eigenvalue weighted by Gasteiger charge is 2.31. The maximum absolute atomic E-state index is 14.6. The first-order chi connectivity index (χ1) is 14.2. The van der Waals surface area contributed by atoms with Gasteiger partial charge in [-0.3, -0.25) is 9.69 Å². The average Bonchev–Trinajstić information content (AvgIpc) is 2.67. The van der Waals surface area contributed by atoms with E-state index in [4.69, 9.17) is 9.47 Å². The number of amides is 1. The summed E-state index contributed by atoms with van der Waals surface area (Å²) in [5.74, 6) is 0.640. The molecule has 2 heterocycles. The van der Waals surface area contributed by atoms with Crippen LogP contribution in [0.25, 0.3) is 11.0 Å². The largest absolute Gasteiger partial charge is 0.497 e. The molecule has 1 N–H and O–H groups in total. The van der Waals surface area contributed by atoms with E-state index in [1.54, 1.807) is 50.6 Å². The molecule has 2 atom stereocenters. The van der Waals surface area contributed by atoms with Gasteiger partial charge in [-0.2, -0.15) is 0 Å². The molecule has 1 saturated heterocycles. The number of benzene rings is 1. The van der Waals surface area contributed by atoms with Crippen molar-refractivity contribution in [3.8, 4) is 5.75 Å². The smallest absolute Gasteiger partial charge is 0.407 e. The summed E-state index contributed by atoms with van der Waals surface area (Å²) in [4.78, 5) is 30.4. The number of alkyl halides is 1. The average molecular weight is 420 g/mol. The Bertz CT molecular complexity index is 956. The zero-order valence-electron chi connectivity index (χ0n) is 17.9. The van der Waals surface area contributed by atoms with E-state index in [9.17, 15) is 14.0 Å². The summed E-state index contributed by atoms with van der Waals surface area (Å²) >= 11 is 0. The molecule has 0 radical (unpaired) electrons. The van der Waals surface area contributed by atoms with Crippen LogP contribution in [-0.2, 0) is 11.3 Å². The Kier molecular flexibility index (Phi) is 6.60. The lowest BCUT2D eigenvalue weighted by atomic mass is 10.0. The van der Waals surface area contributed by atoms with Crippen LogP contribution in [0.4, 0.5) is 9.18 Å². The molecular formula is C21H29FN4O4. The van der Waals surface area contributed by atoms with E-state index >= 15 is 0 Å². The standard InChI is InChI=1S/C21H29FN4O4/c1-21(2,3)30-20(28)24-16-7-8-25(13-15(16)22)9-10-26-18-11-14(29-4)5-6-17(18)23-12-19(26)27/h5-6,11-12,15-16H,7-10,13H2,1-4H3,(H,24,28). The summed E-state index contributed by atoms with van der Waals surface area (Å²) in [5, 5.41) is 2.63. The van der Waals surface area contributed by atoms with E-state index in [0.717, 1.165) is 0 Å². The number of carbonyl (C=O) groups excluding carboxylic acids is 1. The predicted octanol–water partition coefficient (Wildman–Crippen LogP) is 2.34. The minimum Gasteiger partial charge on any atom is -0.497 e. The molecule has 30 heavy (non-hydrogen) atoms. The highest BCUT2D eigenvalue weighted by Crippen LogP contribution is 2.19. The molecule has 1 amide bonds. The molecular weight excluding hydrogens is 391 g/mol. The molecule has 1 fully saturated rings. The second kappa shape index (κ2) is 8.99. The lowest BCUT2D eigenvalue weighted by molar-refractivity contribution is 0.0395. The second-order valence-electron chi connectivity index (χ2n) is 8.46. The Morgan fingerprint density at radius 1 is 1.33 bits per heavy atom. The first-order valence-electron chi connectivity index (χ1n) is 10.1. The number of ether oxygens (including phenoxy) is 2. The van der Waals surface area contributed by atoms with Gasteiger partial charge in [0.05, 0.1) is 30.4 Å². The van der Waals surface area contributed by atoms with E-state index in [0.29, 0.717) is 42.8 Å². The summed E-state index contributed by atoms with van der Waals surface area (Å²) < 4.78 is 26.7. The van der Waals surface area contributed by atoms with Crippen molar-refractivity contribution in [3.63, 3.8) is 0 Å². The number of hydrogen-bond donors (Lipinski definition) is 1. The quantitative estimate of drug-likeness (QED) is 0.799. The number of hydrogen-bond acceptors (Lipinski definition) is 6. The van der Waals surface area contributed by atoms with Gasteiger partial charge in [-0.25, -0.2) is 14.2 Å². The van der Waals surface area contributed by atoms with E-state index < -0.39 is 23.9 Å². The Morgan fingerprint density at radius 3 is 2.77 bits per heavy atom. The molecule has 2 aromatic rings. The molecule has 8 nitrogen and oxygen atoms in total. The number of nitrogens with one attached hydrogen (secondary N) is 1. The lowest BCUT2D eigenvalue weighted by Gasteiger charge is -2.35. The van der Waals surface area contributed by atoms with Gasteiger partial charge in [0.2, 0.25) is 0 Å². The summed E-state index contributed by atoms with van der Waals surface area (Å²) in [6, 6.07) is 4.79. The number of likely N-dealkylation sites (tertiary alicyclic amines) is 1. The third-order valence-corrected chi connectivity index (χ3v) is 5.02. The normalized spacial score (nSPS) is 20.2. The van der Waals surface area contributed by atoms with Crippen LogP contribution >= 0.6 is 0 Å². The predicted molar refractivity (Wildman–Crippen MR) is 112 cm³/mol. The van der Waals surface area contributed by atoms with Gasteiger partial charge in [-0.05, 0) is 39.3 Å². The number of carbonyl (C=O) groups is 1. The number of aromatic nitrogens is 2. The summed E-state index contributed by atoms with van der Waals surface area (Å²) in [5.41, 5.74) is 0.535. The second-order valence-corrected chi connectivity index (χ2v) is 8.46. The zero-order valence-corrected chi connectivity index (χ0v) is 17.9. The van der Waals surface area contributed by atoms with Crippen LogP contribution in [0.15, 0.2) is 29.2 Å². The number of rotatable bonds is 5. The molecule has 0 spiro atoms. The first-order valence-corrected chi connectivity index (χ1v) is 10.1. The molecule has 3 rings (SSSR count). The van der Waals surface area contributed by atoms with Gasteiger partial charge in [0.25, 0.3) is 5.56 Å². The Balaban J connectivity index is 1.61. The lowest BCUT2D eigenvalue weighted by Crippen LogP contribution is -2.53. The summed E-state index contributed by atoms with van der Waals surface area (Å²) in [7, 11) is 1.57. The molecule has 0 saturated carbocycles. The van der Waals surface area contributed by atoms with E-state index in [2.05, 4.69) is 10.3 Å². The van der Waals surface area contributed by atoms with Gasteiger partial charge in [0.1, 0.15) is 17.5 Å². The van der Waals surface area contributed by atoms with Gasteiger partial charge >= 0.3 is 6.09 Å². The van der Waals surface area contributed by atoms with Crippen molar-refractivity contribution in [2.75, 3.05) is 26.7 Å². The number of nitrogens with zero attached hydrogens (tertiary/aromatic N) is 3. The van der Waals surface area contributed by atoms with Crippen molar-refractivity contribution in [2.24, 2.45) is 0 Å². The van der Waals surface area contributed by atoms with Crippen molar-refractivity contribution < 1.29 is 18.7 Å². The van der Waals surface area contributed by atoms with Crippen LogP contribution < -0.4 is 15.6 Å². The molecule has 0 aliphatic carbocycles. The van der Waals surface area contributed by atoms with Gasteiger partial charge < -0.3 is 19.4 Å². The molecule has 1 aliphatic heterocycles. The number of alkyl carbamates (subject to hydrolysis) is 1. The fourth-order valence-electron chi connectivity index (χ4n) is 3.53. The molecule has 1 aromatic carbocycles. The van der Waals surface area contributed by atoms with Crippen LogP contribution in [0.2, 0.25) is 0 Å². The van der Waals surface area contributed by atoms with Crippen molar-refractivity contribution in [2.45, 2.75) is 51.6 Å². The van der Waals surface area contributed by atoms with Crippen LogP contribution in [0.3, 0.4) is 0 Å². The molecule has 9 heteroatoms. The minimum atomic E-state index is -1.21. The maximum atomic E-state index is 14.6. The minimum absolute atomic E-state index is 0.182. The molecule has 0 bridgehead atoms. The first kappa shape index (κ1) is 22.0. The molecule has 1 aromatic heterocycles. The number of fused-ring (bicyclic) bond motifs is 1. The van der Waals surface area contributed by atoms with Crippen molar-refractivity contribution in [1.82, 2.24) is 19.8 Å². The van der Waals surface area contributed by atoms with Gasteiger partial charge in [0.15, 0.2) is 0 Å². The SMILES string of the molecule is COc1ccc2ncc(=O)n(CCN3CCC(NC(=O)OC(C)(C)C)C(F)C3)c2c1. The summed E-state index contributed by atoms with van der Waals surface area (Å²) in [6.07, 6.45) is -0.0473. The van der Waals surface area contributed by atoms with Crippen LogP contribution in [0.1, 0.15) is 27.2 Å². The van der Waals surface area contributed by atoms with Gasteiger partial charge in [0, 0.05) is 32.2 Å². The summed E-state index contributed by atoms with van der Waals surface area (Å²) in [6.45, 7) is 7.01. The van der Waals surface area contributed by atoms with E-state index in [-0.39, 0.29) is 12.1 Å². The van der Waals surface area contributed by atoms with Crippen molar-refractivity contribution >= 4 is 17.1 Å². The zero-order chi connectivity index (χ0) is 21.9. The topological polar surface area (TPSA) is 85.7 Å².